The third-order valence-corrected chi connectivity index (χ3v) is 3.49. The molecule has 1 aromatic rings. The number of hydrogen-bond donors (Lipinski definition) is 1. The molecule has 104 valence electrons. The number of nitrogens with one attached hydrogen (secondary N) is 1. The smallest absolute Gasteiger partial charge is 0.295 e. The zero-order valence-corrected chi connectivity index (χ0v) is 10.9. The fraction of sp³-hybridized carbons (Fsp3) is 0.538. The maximum Gasteiger partial charge on any atom is 0.295 e. The van der Waals surface area contributed by atoms with E-state index in [1.54, 1.807) is 0 Å². The minimum absolute atomic E-state index is 0.148. The monoisotopic (exact) mass is 267 g/mol. The molecular formula is C13H18FN3O2. The van der Waals surface area contributed by atoms with Crippen LogP contribution in [0.15, 0.2) is 18.2 Å². The van der Waals surface area contributed by atoms with Crippen LogP contribution in [-0.2, 0) is 0 Å². The number of rotatable bonds is 4. The molecule has 2 rings (SSSR count). The average Bonchev–Trinajstić information content (AvgIpc) is 2.39. The summed E-state index contributed by atoms with van der Waals surface area (Å²) < 4.78 is 13.1. The first kappa shape index (κ1) is 13.7. The van der Waals surface area contributed by atoms with Gasteiger partial charge in [0.25, 0.3) is 5.69 Å². The molecule has 0 saturated carbocycles. The molecule has 1 atom stereocenters. The van der Waals surface area contributed by atoms with Gasteiger partial charge in [0.2, 0.25) is 0 Å². The van der Waals surface area contributed by atoms with E-state index in [4.69, 9.17) is 0 Å². The van der Waals surface area contributed by atoms with Crippen molar-refractivity contribution in [2.24, 2.45) is 5.92 Å². The van der Waals surface area contributed by atoms with Gasteiger partial charge in [-0.15, -0.1) is 0 Å². The third-order valence-electron chi connectivity index (χ3n) is 3.49. The second kappa shape index (κ2) is 5.97. The molecule has 0 radical (unpaired) electrons. The van der Waals surface area contributed by atoms with Crippen molar-refractivity contribution in [3.63, 3.8) is 0 Å². The molecule has 1 aliphatic rings. The number of halogens is 1. The molecular weight excluding hydrogens is 249 g/mol. The van der Waals surface area contributed by atoms with Crippen LogP contribution in [0, 0.1) is 21.8 Å². The summed E-state index contributed by atoms with van der Waals surface area (Å²) >= 11 is 0. The summed E-state index contributed by atoms with van der Waals surface area (Å²) in [5, 5.41) is 14.2. The zero-order chi connectivity index (χ0) is 13.8. The van der Waals surface area contributed by atoms with E-state index in [1.807, 2.05) is 11.9 Å². The minimum atomic E-state index is -0.570. The Morgan fingerprint density at radius 2 is 2.37 bits per heavy atom. The van der Waals surface area contributed by atoms with Crippen LogP contribution in [0.4, 0.5) is 15.8 Å². The molecule has 1 saturated heterocycles. The lowest BCUT2D eigenvalue weighted by atomic mass is 9.97. The van der Waals surface area contributed by atoms with Crippen molar-refractivity contribution in [1.82, 2.24) is 5.32 Å². The summed E-state index contributed by atoms with van der Waals surface area (Å²) in [4.78, 5) is 12.5. The molecule has 0 bridgehead atoms. The number of benzene rings is 1. The molecule has 1 heterocycles. The lowest BCUT2D eigenvalue weighted by molar-refractivity contribution is -0.384. The van der Waals surface area contributed by atoms with Crippen LogP contribution in [0.3, 0.4) is 0 Å². The normalized spacial score (nSPS) is 19.5. The number of nitro groups is 1. The van der Waals surface area contributed by atoms with Gasteiger partial charge in [0.05, 0.1) is 11.0 Å². The molecule has 0 spiro atoms. The number of piperidine rings is 1. The predicted molar refractivity (Wildman–Crippen MR) is 71.9 cm³/mol. The van der Waals surface area contributed by atoms with E-state index in [0.717, 1.165) is 38.5 Å². The highest BCUT2D eigenvalue weighted by atomic mass is 19.1. The molecule has 5 nitrogen and oxygen atoms in total. The van der Waals surface area contributed by atoms with Crippen LogP contribution >= 0.6 is 0 Å². The average molecular weight is 267 g/mol. The molecule has 6 heteroatoms. The Hall–Kier alpha value is -1.69. The van der Waals surface area contributed by atoms with Crippen LogP contribution in [0.1, 0.15) is 12.8 Å². The van der Waals surface area contributed by atoms with E-state index in [1.165, 1.54) is 12.1 Å². The summed E-state index contributed by atoms with van der Waals surface area (Å²) in [5.74, 6) is -0.0948. The molecule has 1 fully saturated rings. The van der Waals surface area contributed by atoms with E-state index >= 15 is 0 Å². The second-order valence-corrected chi connectivity index (χ2v) is 4.90. The number of nitrogens with zero attached hydrogens (tertiary/aromatic N) is 2. The van der Waals surface area contributed by atoms with Gasteiger partial charge in [-0.25, -0.2) is 4.39 Å². The first-order valence-corrected chi connectivity index (χ1v) is 6.45. The molecule has 0 aliphatic carbocycles. The van der Waals surface area contributed by atoms with Crippen molar-refractivity contribution >= 4 is 11.4 Å². The van der Waals surface area contributed by atoms with Gasteiger partial charge in [-0.05, 0) is 44.5 Å². The second-order valence-electron chi connectivity index (χ2n) is 4.90. The largest absolute Gasteiger partial charge is 0.366 e. The Bertz CT molecular complexity index is 465. The summed E-state index contributed by atoms with van der Waals surface area (Å²) in [6.07, 6.45) is 2.12. The Morgan fingerprint density at radius 3 is 3.05 bits per heavy atom. The van der Waals surface area contributed by atoms with Crippen LogP contribution in [-0.4, -0.2) is 31.6 Å². The molecule has 1 N–H and O–H groups in total. The summed E-state index contributed by atoms with van der Waals surface area (Å²) in [6, 6.07) is 3.79. The molecule has 0 amide bonds. The van der Waals surface area contributed by atoms with Crippen molar-refractivity contribution in [3.8, 4) is 0 Å². The maximum absolute atomic E-state index is 13.1. The highest BCUT2D eigenvalue weighted by molar-refractivity contribution is 5.63. The van der Waals surface area contributed by atoms with E-state index in [-0.39, 0.29) is 5.69 Å². The van der Waals surface area contributed by atoms with E-state index in [0.29, 0.717) is 11.6 Å². The number of hydrogen-bond acceptors (Lipinski definition) is 4. The summed E-state index contributed by atoms with van der Waals surface area (Å²) in [6.45, 7) is 2.45. The van der Waals surface area contributed by atoms with Gasteiger partial charge < -0.3 is 10.2 Å². The minimum Gasteiger partial charge on any atom is -0.366 e. The van der Waals surface area contributed by atoms with Crippen LogP contribution in [0.25, 0.3) is 0 Å². The van der Waals surface area contributed by atoms with E-state index in [9.17, 15) is 14.5 Å². The molecule has 1 unspecified atom stereocenters. The van der Waals surface area contributed by atoms with Gasteiger partial charge in [0.15, 0.2) is 0 Å². The third kappa shape index (κ3) is 3.20. The van der Waals surface area contributed by atoms with Crippen molar-refractivity contribution in [2.45, 2.75) is 12.8 Å². The quantitative estimate of drug-likeness (QED) is 0.671. The lowest BCUT2D eigenvalue weighted by Crippen LogP contribution is -2.39. The summed E-state index contributed by atoms with van der Waals surface area (Å²) in [5.41, 5.74) is 0.373. The molecule has 1 aliphatic heterocycles. The number of nitro benzene ring substituents is 1. The standard InChI is InChI=1S/C13H18FN3O2/c1-15-8-10-3-2-6-16(9-10)12-5-4-11(14)7-13(12)17(18)19/h4-5,7,10,15H,2-3,6,8-9H2,1H3. The van der Waals surface area contributed by atoms with Crippen molar-refractivity contribution in [1.29, 1.82) is 0 Å². The molecule has 0 aromatic heterocycles. The van der Waals surface area contributed by atoms with E-state index in [2.05, 4.69) is 5.32 Å². The van der Waals surface area contributed by atoms with Gasteiger partial charge in [-0.1, -0.05) is 0 Å². The van der Waals surface area contributed by atoms with Crippen LogP contribution in [0.5, 0.6) is 0 Å². The van der Waals surface area contributed by atoms with Crippen LogP contribution in [0.2, 0.25) is 0 Å². The SMILES string of the molecule is CNCC1CCCN(c2ccc(F)cc2[N+](=O)[O-])C1. The topological polar surface area (TPSA) is 58.4 Å². The first-order valence-electron chi connectivity index (χ1n) is 6.45. The lowest BCUT2D eigenvalue weighted by Gasteiger charge is -2.34. The number of anilines is 1. The van der Waals surface area contributed by atoms with Gasteiger partial charge in [-0.3, -0.25) is 10.1 Å². The Labute approximate surface area is 111 Å². The highest BCUT2D eigenvalue weighted by Crippen LogP contribution is 2.31. The van der Waals surface area contributed by atoms with Gasteiger partial charge in [-0.2, -0.15) is 0 Å². The molecule has 19 heavy (non-hydrogen) atoms. The van der Waals surface area contributed by atoms with E-state index < -0.39 is 10.7 Å². The fourth-order valence-corrected chi connectivity index (χ4v) is 2.65. The zero-order valence-electron chi connectivity index (χ0n) is 10.9. The Balaban J connectivity index is 2.23. The Morgan fingerprint density at radius 1 is 1.58 bits per heavy atom. The first-order chi connectivity index (χ1) is 9.11. The molecule has 1 aromatic carbocycles. The van der Waals surface area contributed by atoms with Gasteiger partial charge in [0, 0.05) is 13.1 Å². The maximum atomic E-state index is 13.1. The van der Waals surface area contributed by atoms with Crippen molar-refractivity contribution < 1.29 is 9.31 Å². The van der Waals surface area contributed by atoms with Gasteiger partial charge >= 0.3 is 0 Å². The highest BCUT2D eigenvalue weighted by Gasteiger charge is 2.25. The fourth-order valence-electron chi connectivity index (χ4n) is 2.65. The predicted octanol–water partition coefficient (Wildman–Crippen LogP) is 2.17. The van der Waals surface area contributed by atoms with Crippen LogP contribution < -0.4 is 10.2 Å². The van der Waals surface area contributed by atoms with Crippen molar-refractivity contribution in [3.05, 3.63) is 34.1 Å². The van der Waals surface area contributed by atoms with Crippen molar-refractivity contribution in [2.75, 3.05) is 31.6 Å². The van der Waals surface area contributed by atoms with Gasteiger partial charge in [0.1, 0.15) is 11.5 Å². The Kier molecular flexibility index (Phi) is 4.31. The summed E-state index contributed by atoms with van der Waals surface area (Å²) in [7, 11) is 1.90.